The van der Waals surface area contributed by atoms with E-state index in [-0.39, 0.29) is 10.8 Å². The molecule has 0 amide bonds. The average molecular weight is 788 g/mol. The standard InChI is InChI=1S/C58H45NS/c1-57(2)48-28-16-14-26-46(48)47-36-35-43(37-50(47)57)59(51-30-17-15-25-44(51)38-19-8-5-9-20-38)42-33-31-39(32-34-42)45-27-18-29-49-52(45)53-54(58(49,3)4)56(41-23-12-7-13-24-41)60-55(53)40-21-10-6-11-22-40/h5-37H,1-4H3. The van der Waals surface area contributed by atoms with E-state index in [1.807, 2.05) is 11.3 Å². The minimum Gasteiger partial charge on any atom is -0.310 e. The number of thiophene rings is 1. The van der Waals surface area contributed by atoms with Crippen LogP contribution >= 0.6 is 11.3 Å². The summed E-state index contributed by atoms with van der Waals surface area (Å²) in [4.78, 5) is 5.16. The molecule has 2 aliphatic carbocycles. The lowest BCUT2D eigenvalue weighted by Gasteiger charge is -2.30. The molecule has 0 fully saturated rings. The molecule has 0 aliphatic heterocycles. The van der Waals surface area contributed by atoms with Gasteiger partial charge in [-0.2, -0.15) is 0 Å². The molecule has 0 unspecified atom stereocenters. The maximum Gasteiger partial charge on any atom is 0.0540 e. The SMILES string of the molecule is CC1(C)c2ccccc2-c2ccc(N(c3ccc(-c4cccc5c4-c4c(-c6ccccc6)sc(-c6ccccc6)c4C5(C)C)cc3)c3ccccc3-c3ccccc3)cc21. The van der Waals surface area contributed by atoms with Gasteiger partial charge in [0, 0.05) is 43.1 Å². The van der Waals surface area contributed by atoms with Crippen LogP contribution in [0.5, 0.6) is 0 Å². The van der Waals surface area contributed by atoms with Gasteiger partial charge >= 0.3 is 0 Å². The molecule has 60 heavy (non-hydrogen) atoms. The van der Waals surface area contributed by atoms with Gasteiger partial charge in [0.25, 0.3) is 0 Å². The third kappa shape index (κ3) is 5.59. The molecule has 1 nitrogen and oxygen atoms in total. The van der Waals surface area contributed by atoms with Crippen molar-refractivity contribution in [1.29, 1.82) is 0 Å². The van der Waals surface area contributed by atoms with Crippen molar-refractivity contribution in [1.82, 2.24) is 0 Å². The van der Waals surface area contributed by atoms with Crippen LogP contribution in [0, 0.1) is 0 Å². The van der Waals surface area contributed by atoms with E-state index in [0.717, 1.165) is 17.1 Å². The Morgan fingerprint density at radius 1 is 0.350 bits per heavy atom. The highest BCUT2D eigenvalue weighted by atomic mass is 32.1. The highest BCUT2D eigenvalue weighted by Crippen LogP contribution is 2.61. The van der Waals surface area contributed by atoms with E-state index in [4.69, 9.17) is 0 Å². The second kappa shape index (κ2) is 13.9. The quantitative estimate of drug-likeness (QED) is 0.155. The highest BCUT2D eigenvalue weighted by Gasteiger charge is 2.42. The van der Waals surface area contributed by atoms with E-state index >= 15 is 0 Å². The van der Waals surface area contributed by atoms with Gasteiger partial charge in [0.1, 0.15) is 0 Å². The Labute approximate surface area is 357 Å². The van der Waals surface area contributed by atoms with Crippen LogP contribution in [-0.4, -0.2) is 0 Å². The van der Waals surface area contributed by atoms with E-state index in [9.17, 15) is 0 Å². The number of fused-ring (bicyclic) bond motifs is 6. The van der Waals surface area contributed by atoms with Crippen molar-refractivity contribution >= 4 is 28.4 Å². The van der Waals surface area contributed by atoms with E-state index in [1.54, 1.807) is 0 Å². The van der Waals surface area contributed by atoms with Crippen molar-refractivity contribution in [3.63, 3.8) is 0 Å². The van der Waals surface area contributed by atoms with Crippen molar-refractivity contribution < 1.29 is 0 Å². The van der Waals surface area contributed by atoms with Gasteiger partial charge in [-0.15, -0.1) is 11.3 Å². The summed E-state index contributed by atoms with van der Waals surface area (Å²) in [7, 11) is 0. The van der Waals surface area contributed by atoms with Crippen LogP contribution in [0.3, 0.4) is 0 Å². The second-order valence-electron chi connectivity index (χ2n) is 17.3. The van der Waals surface area contributed by atoms with Gasteiger partial charge in [-0.3, -0.25) is 0 Å². The molecule has 0 saturated carbocycles. The minimum absolute atomic E-state index is 0.114. The maximum absolute atomic E-state index is 2.46. The number of para-hydroxylation sites is 1. The van der Waals surface area contributed by atoms with Gasteiger partial charge in [-0.1, -0.05) is 198 Å². The van der Waals surface area contributed by atoms with Gasteiger partial charge < -0.3 is 4.90 Å². The third-order valence-electron chi connectivity index (χ3n) is 13.1. The smallest absolute Gasteiger partial charge is 0.0540 e. The fourth-order valence-corrected chi connectivity index (χ4v) is 11.6. The van der Waals surface area contributed by atoms with Crippen molar-refractivity contribution in [2.45, 2.75) is 38.5 Å². The van der Waals surface area contributed by atoms with Crippen LogP contribution in [0.2, 0.25) is 0 Å². The Morgan fingerprint density at radius 3 is 1.57 bits per heavy atom. The lowest BCUT2D eigenvalue weighted by molar-refractivity contribution is 0.660. The maximum atomic E-state index is 2.46. The number of hydrogen-bond acceptors (Lipinski definition) is 2. The lowest BCUT2D eigenvalue weighted by Crippen LogP contribution is -2.16. The molecule has 288 valence electrons. The number of benzene rings is 8. The van der Waals surface area contributed by atoms with Crippen LogP contribution in [0.1, 0.15) is 49.9 Å². The first kappa shape index (κ1) is 36.3. The fraction of sp³-hybridized carbons (Fsp3) is 0.103. The Bertz CT molecular complexity index is 3060. The number of rotatable bonds is 7. The molecule has 0 saturated heterocycles. The van der Waals surface area contributed by atoms with Gasteiger partial charge in [-0.25, -0.2) is 0 Å². The molecule has 1 aromatic heterocycles. The molecular formula is C58H45NS. The van der Waals surface area contributed by atoms with E-state index in [2.05, 4.69) is 233 Å². The normalized spacial score (nSPS) is 13.9. The zero-order chi connectivity index (χ0) is 40.6. The van der Waals surface area contributed by atoms with Crippen molar-refractivity contribution in [3.05, 3.63) is 222 Å². The lowest BCUT2D eigenvalue weighted by atomic mass is 9.81. The van der Waals surface area contributed by atoms with Crippen LogP contribution in [0.15, 0.2) is 200 Å². The summed E-state index contributed by atoms with van der Waals surface area (Å²) in [6, 6.07) is 73.8. The molecule has 0 radical (unpaired) electrons. The summed E-state index contributed by atoms with van der Waals surface area (Å²) in [5.74, 6) is 0. The summed E-state index contributed by atoms with van der Waals surface area (Å²) in [6.07, 6.45) is 0. The number of nitrogens with zero attached hydrogens (tertiary/aromatic N) is 1. The molecular weight excluding hydrogens is 743 g/mol. The van der Waals surface area contributed by atoms with Crippen molar-refractivity contribution in [2.75, 3.05) is 4.90 Å². The monoisotopic (exact) mass is 787 g/mol. The molecule has 0 bridgehead atoms. The summed E-state index contributed by atoms with van der Waals surface area (Å²) < 4.78 is 0. The molecule has 1 heterocycles. The second-order valence-corrected chi connectivity index (χ2v) is 18.3. The Kier molecular flexibility index (Phi) is 8.44. The van der Waals surface area contributed by atoms with Crippen molar-refractivity contribution in [3.8, 4) is 65.4 Å². The van der Waals surface area contributed by atoms with Crippen LogP contribution in [0.25, 0.3) is 65.4 Å². The summed E-state index contributed by atoms with van der Waals surface area (Å²) >= 11 is 1.94. The minimum atomic E-state index is -0.172. The van der Waals surface area contributed by atoms with Gasteiger partial charge in [0.05, 0.1) is 5.69 Å². The molecule has 2 aliphatic rings. The topological polar surface area (TPSA) is 3.24 Å². The molecule has 0 atom stereocenters. The Hall–Kier alpha value is -6.74. The van der Waals surface area contributed by atoms with Crippen LogP contribution < -0.4 is 4.90 Å². The predicted octanol–water partition coefficient (Wildman–Crippen LogP) is 16.5. The first-order valence-electron chi connectivity index (χ1n) is 21.0. The largest absolute Gasteiger partial charge is 0.310 e. The van der Waals surface area contributed by atoms with Gasteiger partial charge in [0.15, 0.2) is 0 Å². The third-order valence-corrected chi connectivity index (χ3v) is 14.4. The molecule has 9 aromatic rings. The molecule has 0 N–H and O–H groups in total. The summed E-state index contributed by atoms with van der Waals surface area (Å²) in [6.45, 7) is 9.56. The molecule has 11 rings (SSSR count). The zero-order valence-corrected chi connectivity index (χ0v) is 35.2. The Morgan fingerprint density at radius 2 is 0.867 bits per heavy atom. The van der Waals surface area contributed by atoms with Gasteiger partial charge in [-0.05, 0) is 97.1 Å². The first-order valence-corrected chi connectivity index (χ1v) is 21.8. The van der Waals surface area contributed by atoms with Crippen LogP contribution in [0.4, 0.5) is 17.1 Å². The Balaban J connectivity index is 1.08. The number of hydrogen-bond donors (Lipinski definition) is 0. The van der Waals surface area contributed by atoms with E-state index < -0.39 is 0 Å². The van der Waals surface area contributed by atoms with Crippen molar-refractivity contribution in [2.24, 2.45) is 0 Å². The summed E-state index contributed by atoms with van der Waals surface area (Å²) in [5, 5.41) is 0. The van der Waals surface area contributed by atoms with Crippen LogP contribution in [-0.2, 0) is 10.8 Å². The average Bonchev–Trinajstić information content (AvgIpc) is 3.89. The van der Waals surface area contributed by atoms with E-state index in [1.165, 1.54) is 87.6 Å². The molecule has 2 heteroatoms. The number of anilines is 3. The zero-order valence-electron chi connectivity index (χ0n) is 34.4. The predicted molar refractivity (Wildman–Crippen MR) is 256 cm³/mol. The fourth-order valence-electron chi connectivity index (χ4n) is 10.1. The molecule has 8 aromatic carbocycles. The summed E-state index contributed by atoms with van der Waals surface area (Å²) in [5.41, 5.74) is 21.5. The molecule has 0 spiro atoms. The highest BCUT2D eigenvalue weighted by molar-refractivity contribution is 7.19. The van der Waals surface area contributed by atoms with E-state index in [0.29, 0.717) is 0 Å². The van der Waals surface area contributed by atoms with Gasteiger partial charge in [0.2, 0.25) is 0 Å². The first-order chi connectivity index (χ1) is 29.3.